The maximum Gasteiger partial charge on any atom is 0.119 e. The van der Waals surface area contributed by atoms with E-state index in [-0.39, 0.29) is 0 Å². The molecule has 0 N–H and O–H groups in total. The van der Waals surface area contributed by atoms with Gasteiger partial charge in [0.1, 0.15) is 5.75 Å². The van der Waals surface area contributed by atoms with Crippen LogP contribution in [0.3, 0.4) is 0 Å². The van der Waals surface area contributed by atoms with Gasteiger partial charge in [-0.05, 0) is 43.0 Å². The third kappa shape index (κ3) is 2.82. The summed E-state index contributed by atoms with van der Waals surface area (Å²) in [5, 5.41) is 0. The summed E-state index contributed by atoms with van der Waals surface area (Å²) in [5.74, 6) is 1.59. The summed E-state index contributed by atoms with van der Waals surface area (Å²) in [5.41, 5.74) is 1.02. The number of aliphatic imine (C=N–C) groups is 1. The fourth-order valence-electron chi connectivity index (χ4n) is 1.97. The lowest BCUT2D eigenvalue weighted by Crippen LogP contribution is -1.92. The van der Waals surface area contributed by atoms with Gasteiger partial charge < -0.3 is 4.74 Å². The smallest absolute Gasteiger partial charge is 0.119 e. The Morgan fingerprint density at radius 3 is 2.47 bits per heavy atom. The average molecular weight is 203 g/mol. The molecule has 2 heteroatoms. The molecule has 0 saturated heterocycles. The third-order valence-corrected chi connectivity index (χ3v) is 2.91. The van der Waals surface area contributed by atoms with Gasteiger partial charge in [-0.15, -0.1) is 0 Å². The zero-order valence-electron chi connectivity index (χ0n) is 9.15. The molecule has 0 bridgehead atoms. The largest absolute Gasteiger partial charge is 0.497 e. The molecule has 0 unspecified atom stereocenters. The quantitative estimate of drug-likeness (QED) is 0.688. The molecule has 1 fully saturated rings. The molecule has 1 saturated carbocycles. The fraction of sp³-hybridized carbons (Fsp3) is 0.462. The predicted octanol–water partition coefficient (Wildman–Crippen LogP) is 3.59. The van der Waals surface area contributed by atoms with Gasteiger partial charge in [0.15, 0.2) is 0 Å². The van der Waals surface area contributed by atoms with Crippen molar-refractivity contribution in [2.45, 2.75) is 25.7 Å². The molecule has 1 aromatic carbocycles. The van der Waals surface area contributed by atoms with Gasteiger partial charge in [-0.1, -0.05) is 12.8 Å². The average Bonchev–Trinajstić information content (AvgIpc) is 2.80. The van der Waals surface area contributed by atoms with E-state index in [4.69, 9.17) is 4.74 Å². The van der Waals surface area contributed by atoms with Crippen LogP contribution in [0.2, 0.25) is 0 Å². The van der Waals surface area contributed by atoms with Crippen molar-refractivity contribution in [3.63, 3.8) is 0 Å². The second-order valence-electron chi connectivity index (χ2n) is 4.02. The summed E-state index contributed by atoms with van der Waals surface area (Å²) in [6, 6.07) is 7.87. The van der Waals surface area contributed by atoms with Gasteiger partial charge in [0.05, 0.1) is 12.8 Å². The molecule has 0 aromatic heterocycles. The lowest BCUT2D eigenvalue weighted by molar-refractivity contribution is 0.415. The van der Waals surface area contributed by atoms with Crippen molar-refractivity contribution in [3.8, 4) is 5.75 Å². The van der Waals surface area contributed by atoms with Crippen LogP contribution in [-0.2, 0) is 0 Å². The Labute approximate surface area is 91.0 Å². The van der Waals surface area contributed by atoms with E-state index in [1.807, 2.05) is 24.3 Å². The zero-order chi connectivity index (χ0) is 10.5. The maximum atomic E-state index is 5.10. The van der Waals surface area contributed by atoms with E-state index in [1.54, 1.807) is 7.11 Å². The Morgan fingerprint density at radius 2 is 1.87 bits per heavy atom. The number of hydrogen-bond acceptors (Lipinski definition) is 2. The predicted molar refractivity (Wildman–Crippen MR) is 63.1 cm³/mol. The molecule has 0 heterocycles. The first-order valence-electron chi connectivity index (χ1n) is 5.57. The number of ether oxygens (including phenoxy) is 1. The fourth-order valence-corrected chi connectivity index (χ4v) is 1.97. The molecule has 1 aromatic rings. The van der Waals surface area contributed by atoms with Crippen LogP contribution < -0.4 is 4.74 Å². The van der Waals surface area contributed by atoms with Gasteiger partial charge in [0.2, 0.25) is 0 Å². The van der Waals surface area contributed by atoms with Gasteiger partial charge >= 0.3 is 0 Å². The van der Waals surface area contributed by atoms with E-state index >= 15 is 0 Å². The SMILES string of the molecule is COc1ccc(N=CC2CCCC2)cc1. The first-order chi connectivity index (χ1) is 7.38. The third-order valence-electron chi connectivity index (χ3n) is 2.91. The van der Waals surface area contributed by atoms with E-state index in [2.05, 4.69) is 11.2 Å². The Hall–Kier alpha value is -1.31. The number of rotatable bonds is 3. The molecule has 0 spiro atoms. The standard InChI is InChI=1S/C13H17NO/c1-15-13-8-6-12(7-9-13)14-10-11-4-2-3-5-11/h6-11H,2-5H2,1H3. The van der Waals surface area contributed by atoms with E-state index < -0.39 is 0 Å². The Kier molecular flexibility index (Phi) is 3.38. The second-order valence-corrected chi connectivity index (χ2v) is 4.02. The van der Waals surface area contributed by atoms with Crippen molar-refractivity contribution in [3.05, 3.63) is 24.3 Å². The van der Waals surface area contributed by atoms with Crippen LogP contribution in [0.5, 0.6) is 5.75 Å². The number of benzene rings is 1. The van der Waals surface area contributed by atoms with Gasteiger partial charge in [-0.2, -0.15) is 0 Å². The Bertz CT molecular complexity index is 323. The molecule has 2 nitrogen and oxygen atoms in total. The van der Waals surface area contributed by atoms with Crippen LogP contribution in [0.15, 0.2) is 29.3 Å². The summed E-state index contributed by atoms with van der Waals surface area (Å²) in [7, 11) is 1.68. The van der Waals surface area contributed by atoms with Crippen LogP contribution in [0.25, 0.3) is 0 Å². The molecular formula is C13H17NO. The number of hydrogen-bond donors (Lipinski definition) is 0. The van der Waals surface area contributed by atoms with E-state index in [9.17, 15) is 0 Å². The first kappa shape index (κ1) is 10.2. The summed E-state index contributed by atoms with van der Waals surface area (Å²) < 4.78 is 5.10. The molecule has 80 valence electrons. The highest BCUT2D eigenvalue weighted by Crippen LogP contribution is 2.24. The molecule has 0 amide bonds. The Balaban J connectivity index is 1.97. The molecule has 1 aliphatic carbocycles. The molecule has 1 aliphatic rings. The zero-order valence-corrected chi connectivity index (χ0v) is 9.15. The van der Waals surface area contributed by atoms with Crippen molar-refractivity contribution in [2.75, 3.05) is 7.11 Å². The topological polar surface area (TPSA) is 21.6 Å². The van der Waals surface area contributed by atoms with Gasteiger partial charge in [-0.3, -0.25) is 4.99 Å². The highest BCUT2D eigenvalue weighted by molar-refractivity contribution is 5.66. The highest BCUT2D eigenvalue weighted by atomic mass is 16.5. The second kappa shape index (κ2) is 4.96. The van der Waals surface area contributed by atoms with Gasteiger partial charge in [0, 0.05) is 6.21 Å². The van der Waals surface area contributed by atoms with E-state index in [0.29, 0.717) is 5.92 Å². The van der Waals surface area contributed by atoms with Crippen LogP contribution in [0.1, 0.15) is 25.7 Å². The summed E-state index contributed by atoms with van der Waals surface area (Å²) in [6.45, 7) is 0. The van der Waals surface area contributed by atoms with Crippen molar-refractivity contribution in [1.29, 1.82) is 0 Å². The molecule has 0 radical (unpaired) electrons. The lowest BCUT2D eigenvalue weighted by atomic mass is 10.1. The van der Waals surface area contributed by atoms with Crippen molar-refractivity contribution < 1.29 is 4.74 Å². The minimum Gasteiger partial charge on any atom is -0.497 e. The van der Waals surface area contributed by atoms with E-state index in [1.165, 1.54) is 25.7 Å². The monoisotopic (exact) mass is 203 g/mol. The number of nitrogens with zero attached hydrogens (tertiary/aromatic N) is 1. The molecule has 2 rings (SSSR count). The summed E-state index contributed by atoms with van der Waals surface area (Å²) in [6.07, 6.45) is 7.44. The molecule has 15 heavy (non-hydrogen) atoms. The van der Waals surface area contributed by atoms with Crippen molar-refractivity contribution >= 4 is 11.9 Å². The minimum absolute atomic E-state index is 0.701. The lowest BCUT2D eigenvalue weighted by Gasteiger charge is -2.01. The molecule has 0 aliphatic heterocycles. The van der Waals surface area contributed by atoms with Crippen molar-refractivity contribution in [2.24, 2.45) is 10.9 Å². The maximum absolute atomic E-state index is 5.10. The minimum atomic E-state index is 0.701. The highest BCUT2D eigenvalue weighted by Gasteiger charge is 2.11. The van der Waals surface area contributed by atoms with Crippen LogP contribution in [0, 0.1) is 5.92 Å². The molecular weight excluding hydrogens is 186 g/mol. The van der Waals surface area contributed by atoms with Gasteiger partial charge in [0.25, 0.3) is 0 Å². The van der Waals surface area contributed by atoms with Crippen molar-refractivity contribution in [1.82, 2.24) is 0 Å². The number of methoxy groups -OCH3 is 1. The molecule has 0 atom stereocenters. The first-order valence-corrected chi connectivity index (χ1v) is 5.57. The normalized spacial score (nSPS) is 17.4. The Morgan fingerprint density at radius 1 is 1.20 bits per heavy atom. The van der Waals surface area contributed by atoms with Gasteiger partial charge in [-0.25, -0.2) is 0 Å². The van der Waals surface area contributed by atoms with Crippen LogP contribution in [-0.4, -0.2) is 13.3 Å². The van der Waals surface area contributed by atoms with Crippen LogP contribution >= 0.6 is 0 Å². The van der Waals surface area contributed by atoms with Crippen LogP contribution in [0.4, 0.5) is 5.69 Å². The van der Waals surface area contributed by atoms with E-state index in [0.717, 1.165) is 11.4 Å². The summed E-state index contributed by atoms with van der Waals surface area (Å²) in [4.78, 5) is 4.48. The summed E-state index contributed by atoms with van der Waals surface area (Å²) >= 11 is 0.